The van der Waals surface area contributed by atoms with Crippen molar-refractivity contribution in [2.45, 2.75) is 24.9 Å². The smallest absolute Gasteiger partial charge is 0.416 e. The van der Waals surface area contributed by atoms with E-state index in [1.807, 2.05) is 23.1 Å². The van der Waals surface area contributed by atoms with E-state index in [4.69, 9.17) is 19.9 Å². The molecule has 1 aliphatic rings. The van der Waals surface area contributed by atoms with Gasteiger partial charge >= 0.3 is 12.3 Å². The molecule has 186 valence electrons. The Balaban J connectivity index is 1.63. The van der Waals surface area contributed by atoms with E-state index in [0.717, 1.165) is 17.8 Å². The minimum Gasteiger partial charge on any atom is -0.493 e. The fourth-order valence-corrected chi connectivity index (χ4v) is 3.92. The van der Waals surface area contributed by atoms with Crippen LogP contribution in [0.3, 0.4) is 0 Å². The number of aliphatic hydroxyl groups is 1. The zero-order valence-corrected chi connectivity index (χ0v) is 18.9. The molecule has 3 N–H and O–H groups in total. The molecule has 8 nitrogen and oxygen atoms in total. The molecule has 0 bridgehead atoms. The van der Waals surface area contributed by atoms with E-state index < -0.39 is 30.2 Å². The molecular weight excluding hydrogens is 455 g/mol. The molecule has 1 saturated heterocycles. The summed E-state index contributed by atoms with van der Waals surface area (Å²) < 4.78 is 54.3. The summed E-state index contributed by atoms with van der Waals surface area (Å²) in [5.41, 5.74) is 5.60. The molecule has 2 aromatic rings. The van der Waals surface area contributed by atoms with E-state index in [1.54, 1.807) is 14.2 Å². The fourth-order valence-electron chi connectivity index (χ4n) is 3.92. The molecule has 0 aromatic heterocycles. The van der Waals surface area contributed by atoms with Crippen LogP contribution in [0.15, 0.2) is 42.5 Å². The molecule has 1 fully saturated rings. The van der Waals surface area contributed by atoms with Gasteiger partial charge in [0, 0.05) is 44.4 Å². The van der Waals surface area contributed by atoms with Crippen molar-refractivity contribution in [3.05, 3.63) is 53.6 Å². The number of hydrogen-bond acceptors (Lipinski definition) is 7. The van der Waals surface area contributed by atoms with Crippen LogP contribution in [0.25, 0.3) is 0 Å². The molecule has 11 heteroatoms. The predicted molar refractivity (Wildman–Crippen MR) is 119 cm³/mol. The van der Waals surface area contributed by atoms with Crippen molar-refractivity contribution in [2.75, 3.05) is 45.3 Å². The first-order valence-corrected chi connectivity index (χ1v) is 10.6. The summed E-state index contributed by atoms with van der Waals surface area (Å²) in [6.07, 6.45) is -7.57. The lowest BCUT2D eigenvalue weighted by Crippen LogP contribution is -2.50. The molecule has 34 heavy (non-hydrogen) atoms. The van der Waals surface area contributed by atoms with E-state index in [-0.39, 0.29) is 6.42 Å². The second kappa shape index (κ2) is 10.8. The number of rotatable bonds is 8. The maximum atomic E-state index is 12.8. The van der Waals surface area contributed by atoms with Gasteiger partial charge in [-0.05, 0) is 29.8 Å². The average Bonchev–Trinajstić information content (AvgIpc) is 2.82. The van der Waals surface area contributed by atoms with Crippen molar-refractivity contribution in [1.29, 1.82) is 0 Å². The third-order valence-corrected chi connectivity index (χ3v) is 5.76. The number of piperazine rings is 1. The van der Waals surface area contributed by atoms with Crippen LogP contribution in [-0.4, -0.2) is 62.7 Å². The highest BCUT2D eigenvalue weighted by Crippen LogP contribution is 2.33. The Labute approximate surface area is 195 Å². The fraction of sp³-hybridized carbons (Fsp3) is 0.435. The topological polar surface area (TPSA) is 97.5 Å². The van der Waals surface area contributed by atoms with Crippen LogP contribution in [0.5, 0.6) is 11.5 Å². The van der Waals surface area contributed by atoms with Gasteiger partial charge in [-0.15, -0.1) is 0 Å². The summed E-state index contributed by atoms with van der Waals surface area (Å²) >= 11 is 0. The number of methoxy groups -OCH3 is 2. The number of hydrogen-bond donors (Lipinski definition) is 2. The van der Waals surface area contributed by atoms with Crippen LogP contribution in [0, 0.1) is 0 Å². The Morgan fingerprint density at radius 3 is 2.18 bits per heavy atom. The van der Waals surface area contributed by atoms with E-state index in [1.165, 1.54) is 12.1 Å². The van der Waals surface area contributed by atoms with Gasteiger partial charge in [0.25, 0.3) is 0 Å². The minimum absolute atomic E-state index is 0.0370. The van der Waals surface area contributed by atoms with Gasteiger partial charge in [-0.3, -0.25) is 4.90 Å². The highest BCUT2D eigenvalue weighted by Gasteiger charge is 2.31. The number of halogens is 3. The van der Waals surface area contributed by atoms with Crippen molar-refractivity contribution < 1.29 is 37.3 Å². The standard InChI is InChI=1S/C23H28F3N3O5/c1-32-18-8-7-17(13-20(18)33-2)28-9-11-29(12-10-28)21(30)14-19(34-22(27)31)15-3-5-16(6-4-15)23(24,25)26/h3-8,13,19,21,30H,9-12,14H2,1-2H3,(H2,27,31). The van der Waals surface area contributed by atoms with Gasteiger partial charge in [0.05, 0.1) is 19.8 Å². The van der Waals surface area contributed by atoms with Gasteiger partial charge in [0.15, 0.2) is 11.5 Å². The average molecular weight is 483 g/mol. The van der Waals surface area contributed by atoms with Gasteiger partial charge < -0.3 is 30.0 Å². The Morgan fingerprint density at radius 2 is 1.65 bits per heavy atom. The number of anilines is 1. The second-order valence-corrected chi connectivity index (χ2v) is 7.82. The lowest BCUT2D eigenvalue weighted by atomic mass is 10.0. The lowest BCUT2D eigenvalue weighted by molar-refractivity contribution is -0.137. The SMILES string of the molecule is COc1ccc(N2CCN(C(O)CC(OC(N)=O)c3ccc(C(F)(F)F)cc3)CC2)cc1OC. The van der Waals surface area contributed by atoms with Gasteiger partial charge in [0.1, 0.15) is 12.3 Å². The zero-order chi connectivity index (χ0) is 24.9. The molecule has 2 unspecified atom stereocenters. The number of aliphatic hydroxyl groups excluding tert-OH is 1. The number of nitrogens with two attached hydrogens (primary N) is 1. The van der Waals surface area contributed by atoms with Crippen molar-refractivity contribution in [3.63, 3.8) is 0 Å². The number of primary amides is 1. The summed E-state index contributed by atoms with van der Waals surface area (Å²) in [5.74, 6) is 1.24. The van der Waals surface area contributed by atoms with Crippen molar-refractivity contribution >= 4 is 11.8 Å². The largest absolute Gasteiger partial charge is 0.493 e. The van der Waals surface area contributed by atoms with E-state index in [2.05, 4.69) is 4.90 Å². The molecule has 2 atom stereocenters. The minimum atomic E-state index is -4.48. The summed E-state index contributed by atoms with van der Waals surface area (Å²) in [6.45, 7) is 2.28. The van der Waals surface area contributed by atoms with Crippen LogP contribution >= 0.6 is 0 Å². The second-order valence-electron chi connectivity index (χ2n) is 7.82. The third-order valence-electron chi connectivity index (χ3n) is 5.76. The number of ether oxygens (including phenoxy) is 3. The van der Waals surface area contributed by atoms with Crippen molar-refractivity contribution in [2.24, 2.45) is 5.73 Å². The van der Waals surface area contributed by atoms with Gasteiger partial charge in [0.2, 0.25) is 0 Å². The monoisotopic (exact) mass is 483 g/mol. The van der Waals surface area contributed by atoms with Crippen LogP contribution in [0.4, 0.5) is 23.7 Å². The summed E-state index contributed by atoms with van der Waals surface area (Å²) in [7, 11) is 3.13. The number of alkyl halides is 3. The van der Waals surface area contributed by atoms with Crippen molar-refractivity contribution in [1.82, 2.24) is 4.90 Å². The van der Waals surface area contributed by atoms with Crippen molar-refractivity contribution in [3.8, 4) is 11.5 Å². The quantitative estimate of drug-likeness (QED) is 0.594. The van der Waals surface area contributed by atoms with E-state index in [0.29, 0.717) is 43.2 Å². The lowest BCUT2D eigenvalue weighted by Gasteiger charge is -2.39. The van der Waals surface area contributed by atoms with Gasteiger partial charge in [-0.2, -0.15) is 13.2 Å². The van der Waals surface area contributed by atoms with E-state index in [9.17, 15) is 23.1 Å². The third kappa shape index (κ3) is 6.23. The van der Waals surface area contributed by atoms with Crippen LogP contribution in [-0.2, 0) is 10.9 Å². The molecule has 0 saturated carbocycles. The Morgan fingerprint density at radius 1 is 1.03 bits per heavy atom. The van der Waals surface area contributed by atoms with Gasteiger partial charge in [-0.25, -0.2) is 4.79 Å². The van der Waals surface area contributed by atoms with Gasteiger partial charge in [-0.1, -0.05) is 12.1 Å². The first-order valence-electron chi connectivity index (χ1n) is 10.6. The first-order chi connectivity index (χ1) is 16.1. The van der Waals surface area contributed by atoms with E-state index >= 15 is 0 Å². The number of nitrogens with zero attached hydrogens (tertiary/aromatic N) is 2. The summed E-state index contributed by atoms with van der Waals surface area (Å²) in [5, 5.41) is 10.8. The maximum Gasteiger partial charge on any atom is 0.416 e. The zero-order valence-electron chi connectivity index (χ0n) is 18.9. The highest BCUT2D eigenvalue weighted by atomic mass is 19.4. The Bertz CT molecular complexity index is 963. The predicted octanol–water partition coefficient (Wildman–Crippen LogP) is 3.39. The maximum absolute atomic E-state index is 12.8. The van der Waals surface area contributed by atoms with Crippen LogP contribution in [0.2, 0.25) is 0 Å². The number of amides is 1. The molecule has 0 spiro atoms. The number of carbonyl (C=O) groups excluding carboxylic acids is 1. The molecule has 0 radical (unpaired) electrons. The Kier molecular flexibility index (Phi) is 8.11. The molecule has 1 heterocycles. The molecule has 0 aliphatic carbocycles. The summed E-state index contributed by atoms with van der Waals surface area (Å²) in [6, 6.07) is 9.88. The molecule has 2 aromatic carbocycles. The first kappa shape index (κ1) is 25.4. The normalized spacial score (nSPS) is 16.6. The number of carbonyl (C=O) groups is 1. The molecule has 1 amide bonds. The molecule has 3 rings (SSSR count). The number of benzene rings is 2. The Hall–Kier alpha value is -3.18. The van der Waals surface area contributed by atoms with Crippen LogP contribution < -0.4 is 20.1 Å². The molecular formula is C23H28F3N3O5. The highest BCUT2D eigenvalue weighted by molar-refractivity contribution is 5.65. The summed E-state index contributed by atoms with van der Waals surface area (Å²) in [4.78, 5) is 15.3. The molecule has 1 aliphatic heterocycles. The van der Waals surface area contributed by atoms with Crippen LogP contribution in [0.1, 0.15) is 23.7 Å².